The summed E-state index contributed by atoms with van der Waals surface area (Å²) in [5.74, 6) is -1.59. The molecule has 2 rings (SSSR count). The van der Waals surface area contributed by atoms with Gasteiger partial charge in [-0.05, 0) is 37.5 Å². The fourth-order valence-electron chi connectivity index (χ4n) is 1.90. The second-order valence-electron chi connectivity index (χ2n) is 4.23. The van der Waals surface area contributed by atoms with Gasteiger partial charge in [0.2, 0.25) is 6.10 Å². The van der Waals surface area contributed by atoms with Crippen LogP contribution in [0.1, 0.15) is 22.2 Å². The Labute approximate surface area is 132 Å². The molecule has 1 aliphatic heterocycles. The van der Waals surface area contributed by atoms with Gasteiger partial charge in [-0.3, -0.25) is 0 Å². The third-order valence-corrected chi connectivity index (χ3v) is 3.18. The van der Waals surface area contributed by atoms with Crippen molar-refractivity contribution in [3.05, 3.63) is 33.3 Å². The minimum atomic E-state index is -4.91. The molecule has 1 unspecified atom stereocenters. The molecule has 0 aliphatic carbocycles. The fraction of sp³-hybridized carbons (Fsp3) is 0.357. The Bertz CT molecular complexity index is 699. The number of rotatable bonds is 2. The minimum absolute atomic E-state index is 0.0547. The van der Waals surface area contributed by atoms with Crippen LogP contribution in [0.4, 0.5) is 13.2 Å². The van der Waals surface area contributed by atoms with Gasteiger partial charge in [0.05, 0.1) is 12.2 Å². The van der Waals surface area contributed by atoms with E-state index in [0.717, 1.165) is 6.08 Å². The van der Waals surface area contributed by atoms with Gasteiger partial charge in [0, 0.05) is 14.1 Å². The molecule has 1 aromatic rings. The molecule has 1 atom stereocenters. The van der Waals surface area contributed by atoms with Gasteiger partial charge in [0.25, 0.3) is 0 Å². The summed E-state index contributed by atoms with van der Waals surface area (Å²) in [6, 6.07) is 2.54. The van der Waals surface area contributed by atoms with Gasteiger partial charge in [-0.25, -0.2) is 4.79 Å². The van der Waals surface area contributed by atoms with Gasteiger partial charge in [0.1, 0.15) is 5.75 Å². The maximum Gasteiger partial charge on any atom is 0.430 e. The van der Waals surface area contributed by atoms with Crippen molar-refractivity contribution in [2.24, 2.45) is 0 Å². The van der Waals surface area contributed by atoms with Crippen LogP contribution in [-0.2, 0) is 9.53 Å². The van der Waals surface area contributed by atoms with E-state index >= 15 is 0 Å². The summed E-state index contributed by atoms with van der Waals surface area (Å²) in [7, 11) is 0. The molecule has 3 nitrogen and oxygen atoms in total. The molecule has 0 bridgehead atoms. The average Bonchev–Trinajstić information content (AvgIpc) is 2.43. The molecule has 0 aromatic heterocycles. The largest absolute Gasteiger partial charge is 0.475 e. The summed E-state index contributed by atoms with van der Waals surface area (Å²) in [6.45, 7) is -1.33. The first kappa shape index (κ1) is 12.1. The highest BCUT2D eigenvalue weighted by Gasteiger charge is 2.49. The van der Waals surface area contributed by atoms with E-state index in [1.165, 1.54) is 19.1 Å². The molecule has 0 saturated carbocycles. The van der Waals surface area contributed by atoms with Crippen molar-refractivity contribution < 1.29 is 31.6 Å². The maximum absolute atomic E-state index is 13.3. The van der Waals surface area contributed by atoms with E-state index in [0.29, 0.717) is 4.47 Å². The maximum atomic E-state index is 13.3. The summed E-state index contributed by atoms with van der Waals surface area (Å²) in [6.07, 6.45) is -6.55. The molecule has 0 N–H and O–H groups in total. The lowest BCUT2D eigenvalue weighted by Gasteiger charge is -2.28. The van der Waals surface area contributed by atoms with Crippen LogP contribution < -0.4 is 4.74 Å². The van der Waals surface area contributed by atoms with Crippen LogP contribution in [0.25, 0.3) is 6.08 Å². The van der Waals surface area contributed by atoms with Crippen LogP contribution in [0.2, 0.25) is 0 Å². The van der Waals surface area contributed by atoms with Crippen LogP contribution >= 0.6 is 15.9 Å². The Morgan fingerprint density at radius 1 is 1.52 bits per heavy atom. The molecule has 0 fully saturated rings. The topological polar surface area (TPSA) is 35.5 Å². The van der Waals surface area contributed by atoms with E-state index in [1.807, 2.05) is 0 Å². The van der Waals surface area contributed by atoms with Gasteiger partial charge in [0.15, 0.2) is 0 Å². The molecule has 0 radical (unpaired) electrons. The Hall–Kier alpha value is -1.50. The molecular formula is C14H12BrF3O3. The zero-order valence-electron chi connectivity index (χ0n) is 13.8. The Kier molecular flexibility index (Phi) is 3.29. The Morgan fingerprint density at radius 2 is 2.24 bits per heavy atom. The summed E-state index contributed by atoms with van der Waals surface area (Å²) < 4.78 is 72.1. The average molecular weight is 368 g/mol. The third kappa shape index (κ3) is 3.23. The first-order valence-corrected chi connectivity index (χ1v) is 6.70. The fourth-order valence-corrected chi connectivity index (χ4v) is 2.38. The Balaban J connectivity index is 2.66. The standard InChI is InChI=1S/C14H12BrF3O3/c1-3-20-13(19)10-6-8-5-9(15)4-7(2)11(8)21-12(10)14(16,17)18/h4-6,12H,3H2,1-2H3/i2D3. The molecule has 21 heavy (non-hydrogen) atoms. The first-order valence-electron chi connectivity index (χ1n) is 7.41. The highest BCUT2D eigenvalue weighted by atomic mass is 79.9. The Morgan fingerprint density at radius 3 is 2.81 bits per heavy atom. The minimum Gasteiger partial charge on any atom is -0.475 e. The molecule has 114 valence electrons. The number of aryl methyl sites for hydroxylation is 1. The molecular weight excluding hydrogens is 353 g/mol. The number of hydrogen-bond acceptors (Lipinski definition) is 3. The SMILES string of the molecule is [2H]C([2H])([2H])c1cc(Br)cc2c1OC(C(F)(F)F)C(C(=O)OCC)=C2. The number of hydrogen-bond donors (Lipinski definition) is 0. The van der Waals surface area contributed by atoms with Crippen molar-refractivity contribution in [2.75, 3.05) is 6.61 Å². The van der Waals surface area contributed by atoms with E-state index < -0.39 is 36.4 Å². The zero-order valence-corrected chi connectivity index (χ0v) is 12.3. The molecule has 1 heterocycles. The van der Waals surface area contributed by atoms with E-state index in [1.54, 1.807) is 0 Å². The van der Waals surface area contributed by atoms with E-state index in [2.05, 4.69) is 20.7 Å². The van der Waals surface area contributed by atoms with Crippen molar-refractivity contribution in [1.29, 1.82) is 0 Å². The summed E-state index contributed by atoms with van der Waals surface area (Å²) >= 11 is 3.10. The summed E-state index contributed by atoms with van der Waals surface area (Å²) in [5, 5.41) is 0. The number of halogens is 4. The van der Waals surface area contributed by atoms with Crippen molar-refractivity contribution >= 4 is 28.0 Å². The normalized spacial score (nSPS) is 20.3. The molecule has 0 spiro atoms. The highest BCUT2D eigenvalue weighted by molar-refractivity contribution is 9.10. The molecule has 1 aliphatic rings. The summed E-state index contributed by atoms with van der Waals surface area (Å²) in [4.78, 5) is 11.8. The van der Waals surface area contributed by atoms with E-state index in [9.17, 15) is 18.0 Å². The lowest BCUT2D eigenvalue weighted by atomic mass is 9.99. The number of benzene rings is 1. The molecule has 0 amide bonds. The second kappa shape index (κ2) is 5.71. The van der Waals surface area contributed by atoms with E-state index in [4.69, 9.17) is 8.85 Å². The first-order chi connectivity index (χ1) is 10.9. The number of carbonyl (C=O) groups is 1. The highest BCUT2D eigenvalue weighted by Crippen LogP contribution is 2.40. The predicted molar refractivity (Wildman–Crippen MR) is 74.0 cm³/mol. The van der Waals surface area contributed by atoms with Crippen LogP contribution in [0.15, 0.2) is 22.2 Å². The third-order valence-electron chi connectivity index (χ3n) is 2.72. The number of fused-ring (bicyclic) bond motifs is 1. The zero-order chi connectivity index (χ0) is 18.3. The van der Waals surface area contributed by atoms with E-state index in [-0.39, 0.29) is 17.7 Å². The van der Waals surface area contributed by atoms with Gasteiger partial charge in [-0.1, -0.05) is 15.9 Å². The lowest BCUT2D eigenvalue weighted by Crippen LogP contribution is -2.41. The van der Waals surface area contributed by atoms with Crippen LogP contribution in [0.3, 0.4) is 0 Å². The lowest BCUT2D eigenvalue weighted by molar-refractivity contribution is -0.188. The molecule has 7 heteroatoms. The number of carbonyl (C=O) groups excluding carboxylic acids is 1. The quantitative estimate of drug-likeness (QED) is 0.740. The van der Waals surface area contributed by atoms with Crippen LogP contribution in [-0.4, -0.2) is 24.9 Å². The number of ether oxygens (including phenoxy) is 2. The smallest absolute Gasteiger partial charge is 0.430 e. The van der Waals surface area contributed by atoms with Gasteiger partial charge in [-0.15, -0.1) is 0 Å². The monoisotopic (exact) mass is 367 g/mol. The van der Waals surface area contributed by atoms with Gasteiger partial charge >= 0.3 is 12.1 Å². The van der Waals surface area contributed by atoms with Crippen molar-refractivity contribution in [3.63, 3.8) is 0 Å². The predicted octanol–water partition coefficient (Wildman–Crippen LogP) is 4.03. The van der Waals surface area contributed by atoms with Crippen molar-refractivity contribution in [1.82, 2.24) is 0 Å². The summed E-state index contributed by atoms with van der Waals surface area (Å²) in [5.41, 5.74) is -1.05. The number of alkyl halides is 3. The number of esters is 1. The molecule has 1 aromatic carbocycles. The van der Waals surface area contributed by atoms with Crippen molar-refractivity contribution in [3.8, 4) is 5.75 Å². The van der Waals surface area contributed by atoms with Crippen LogP contribution in [0.5, 0.6) is 5.75 Å². The second-order valence-corrected chi connectivity index (χ2v) is 5.15. The van der Waals surface area contributed by atoms with Crippen LogP contribution in [0, 0.1) is 6.85 Å². The van der Waals surface area contributed by atoms with Gasteiger partial charge in [-0.2, -0.15) is 13.2 Å². The molecule has 0 saturated heterocycles. The van der Waals surface area contributed by atoms with Gasteiger partial charge < -0.3 is 9.47 Å². The van der Waals surface area contributed by atoms with Crippen molar-refractivity contribution in [2.45, 2.75) is 26.1 Å².